The molecule has 0 fully saturated rings. The molecule has 1 amide bonds. The van der Waals surface area contributed by atoms with Crippen molar-refractivity contribution in [1.29, 1.82) is 0 Å². The fourth-order valence-corrected chi connectivity index (χ4v) is 12.0. The molecule has 0 bridgehead atoms. The SMILES string of the molecule is CCCC[P+](CCCC)(CCCC)C(C)OC(=O)NC(CC)[Si](OCC)(OCC)OCC.F[P-](F)(F)(F)(F)F. The summed E-state index contributed by atoms with van der Waals surface area (Å²) in [5.74, 6) is -0.0352. The Morgan fingerprint density at radius 3 is 1.33 bits per heavy atom. The molecule has 0 saturated heterocycles. The molecular weight excluding hydrogens is 586 g/mol. The molecule has 6 nitrogen and oxygen atoms in total. The van der Waals surface area contributed by atoms with Crippen LogP contribution >= 0.6 is 15.1 Å². The van der Waals surface area contributed by atoms with E-state index >= 15 is 0 Å². The zero-order chi connectivity index (χ0) is 30.9. The maximum atomic E-state index is 13.1. The first kappa shape index (κ1) is 40.9. The summed E-state index contributed by atoms with van der Waals surface area (Å²) in [5, 5.41) is 3.08. The molecule has 1 N–H and O–H groups in total. The zero-order valence-corrected chi connectivity index (χ0v) is 27.8. The fraction of sp³-hybridized carbons (Fsp3) is 0.958. The Bertz CT molecular complexity index is 627. The molecule has 0 radical (unpaired) electrons. The van der Waals surface area contributed by atoms with Crippen LogP contribution in [0.25, 0.3) is 0 Å². The number of rotatable bonds is 20. The van der Waals surface area contributed by atoms with Gasteiger partial charge >= 0.3 is 47.9 Å². The average Bonchev–Trinajstić information content (AvgIpc) is 2.80. The van der Waals surface area contributed by atoms with Crippen molar-refractivity contribution in [3.63, 3.8) is 0 Å². The van der Waals surface area contributed by atoms with Gasteiger partial charge in [-0.15, -0.1) is 0 Å². The number of ether oxygens (including phenoxy) is 1. The van der Waals surface area contributed by atoms with Gasteiger partial charge in [-0.2, -0.15) is 0 Å². The van der Waals surface area contributed by atoms with Gasteiger partial charge in [-0.25, -0.2) is 4.79 Å². The second kappa shape index (κ2) is 17.7. The number of unbranched alkanes of at least 4 members (excludes halogenated alkanes) is 3. The van der Waals surface area contributed by atoms with E-state index in [0.717, 1.165) is 0 Å². The molecule has 0 heterocycles. The summed E-state index contributed by atoms with van der Waals surface area (Å²) in [7, 11) is -15.1. The summed E-state index contributed by atoms with van der Waals surface area (Å²) in [5.41, 5.74) is -0.322. The van der Waals surface area contributed by atoms with Crippen LogP contribution in [0.4, 0.5) is 30.0 Å². The molecule has 15 heteroatoms. The van der Waals surface area contributed by atoms with Crippen LogP contribution in [0.5, 0.6) is 0 Å². The van der Waals surface area contributed by atoms with Gasteiger partial charge in [0.1, 0.15) is 5.67 Å². The number of nitrogens with one attached hydrogen (secondary N) is 1. The summed E-state index contributed by atoms with van der Waals surface area (Å²) in [6.07, 6.45) is 11.1. The third-order valence-corrected chi connectivity index (χ3v) is 14.8. The number of alkyl carbamates (subject to hydrolysis) is 1. The Morgan fingerprint density at radius 1 is 0.744 bits per heavy atom. The minimum atomic E-state index is -10.7. The van der Waals surface area contributed by atoms with E-state index in [9.17, 15) is 30.0 Å². The summed E-state index contributed by atoms with van der Waals surface area (Å²) in [6.45, 7) is 18.1. The van der Waals surface area contributed by atoms with Crippen molar-refractivity contribution in [3.8, 4) is 0 Å². The molecule has 2 atom stereocenters. The van der Waals surface area contributed by atoms with E-state index in [1.165, 1.54) is 57.0 Å². The van der Waals surface area contributed by atoms with Crippen LogP contribution < -0.4 is 5.32 Å². The molecule has 39 heavy (non-hydrogen) atoms. The number of hydrogen-bond acceptors (Lipinski definition) is 5. The van der Waals surface area contributed by atoms with Gasteiger partial charge in [0, 0.05) is 26.7 Å². The predicted octanol–water partition coefficient (Wildman–Crippen LogP) is 10.2. The van der Waals surface area contributed by atoms with Crippen molar-refractivity contribution in [1.82, 2.24) is 5.32 Å². The van der Waals surface area contributed by atoms with Gasteiger partial charge in [0.2, 0.25) is 5.85 Å². The predicted molar refractivity (Wildman–Crippen MR) is 154 cm³/mol. The molecule has 0 aromatic rings. The van der Waals surface area contributed by atoms with Crippen LogP contribution in [0, 0.1) is 0 Å². The summed E-state index contributed by atoms with van der Waals surface area (Å²) in [4.78, 5) is 13.1. The third-order valence-electron chi connectivity index (χ3n) is 6.08. The first-order chi connectivity index (χ1) is 17.8. The normalized spacial score (nSPS) is 15.8. The van der Waals surface area contributed by atoms with Gasteiger partial charge in [0.15, 0.2) is 0 Å². The number of hydrogen-bond donors (Lipinski definition) is 1. The standard InChI is InChI=1S/C24H52NO5PSi.F6P/c1-9-16-19-31(20-17-10-2,21-18-11-3)22(8)30-24(26)25-23(12-4)32(27-13-5,28-14-6)29-15-7;1-7(2,3,4,5)6/h22-23H,9-21H2,1-8H3;/q;-1/p+1. The molecule has 0 aromatic carbocycles. The minimum absolute atomic E-state index is 0.0352. The van der Waals surface area contributed by atoms with Gasteiger partial charge in [-0.1, -0.05) is 47.0 Å². The van der Waals surface area contributed by atoms with Crippen molar-refractivity contribution < 1.29 is 48.0 Å². The Kier molecular flexibility index (Phi) is 18.6. The van der Waals surface area contributed by atoms with Crippen molar-refractivity contribution in [2.24, 2.45) is 0 Å². The van der Waals surface area contributed by atoms with E-state index in [0.29, 0.717) is 26.2 Å². The van der Waals surface area contributed by atoms with Gasteiger partial charge in [-0.3, -0.25) is 0 Å². The molecule has 0 rings (SSSR count). The van der Waals surface area contributed by atoms with Gasteiger partial charge in [0.05, 0.1) is 25.7 Å². The topological polar surface area (TPSA) is 66.0 Å². The Hall–Kier alpha value is -0.193. The Morgan fingerprint density at radius 2 is 1.08 bits per heavy atom. The van der Waals surface area contributed by atoms with Crippen LogP contribution in [0.15, 0.2) is 0 Å². The molecular formula is C24H53F6NO5P2Si. The summed E-state index contributed by atoms with van der Waals surface area (Å²) in [6, 6.07) is 0. The van der Waals surface area contributed by atoms with Crippen molar-refractivity contribution in [3.05, 3.63) is 0 Å². The summed E-state index contributed by atoms with van der Waals surface area (Å²) >= 11 is 0. The maximum absolute atomic E-state index is 13.1. The molecule has 240 valence electrons. The number of amides is 1. The third kappa shape index (κ3) is 20.3. The molecule has 2 unspecified atom stereocenters. The molecule has 0 aliphatic heterocycles. The van der Waals surface area contributed by atoms with Gasteiger partial charge < -0.3 is 23.3 Å². The van der Waals surface area contributed by atoms with Crippen LogP contribution in [0.2, 0.25) is 0 Å². The van der Waals surface area contributed by atoms with Crippen molar-refractivity contribution >= 4 is 30.0 Å². The van der Waals surface area contributed by atoms with Crippen molar-refractivity contribution in [2.75, 3.05) is 38.3 Å². The van der Waals surface area contributed by atoms with E-state index in [4.69, 9.17) is 18.0 Å². The molecule has 0 aromatic heterocycles. The summed E-state index contributed by atoms with van der Waals surface area (Å²) < 4.78 is 83.4. The first-order valence-corrected chi connectivity index (χ1v) is 20.4. The molecule has 0 saturated carbocycles. The van der Waals surface area contributed by atoms with E-state index in [1.807, 2.05) is 27.7 Å². The average molecular weight is 640 g/mol. The fourth-order valence-electron chi connectivity index (χ4n) is 4.21. The van der Waals surface area contributed by atoms with Crippen molar-refractivity contribution in [2.45, 2.75) is 112 Å². The molecule has 0 aliphatic rings. The Labute approximate surface area is 233 Å². The van der Waals surface area contributed by atoms with Crippen LogP contribution in [0.3, 0.4) is 0 Å². The van der Waals surface area contributed by atoms with E-state index < -0.39 is 23.9 Å². The zero-order valence-electron chi connectivity index (χ0n) is 25.1. The number of carbonyl (C=O) groups excluding carboxylic acids is 1. The molecule has 0 aliphatic carbocycles. The monoisotopic (exact) mass is 639 g/mol. The second-order valence-corrected chi connectivity index (χ2v) is 18.6. The van der Waals surface area contributed by atoms with Crippen LogP contribution in [-0.2, 0) is 18.0 Å². The number of halogens is 6. The van der Waals surface area contributed by atoms with Gasteiger partial charge in [0.25, 0.3) is 0 Å². The van der Waals surface area contributed by atoms with E-state index in [1.54, 1.807) is 0 Å². The van der Waals surface area contributed by atoms with E-state index in [2.05, 4.69) is 33.0 Å². The number of carbonyl (C=O) groups is 1. The second-order valence-electron chi connectivity index (χ2n) is 9.42. The molecule has 0 spiro atoms. The van der Waals surface area contributed by atoms with Gasteiger partial charge in [-0.05, 0) is 46.5 Å². The van der Waals surface area contributed by atoms with Crippen LogP contribution in [0.1, 0.15) is 100 Å². The Balaban J connectivity index is 0. The quantitative estimate of drug-likeness (QED) is 0.0816. The van der Waals surface area contributed by atoms with E-state index in [-0.39, 0.29) is 17.6 Å². The van der Waals surface area contributed by atoms with Crippen LogP contribution in [-0.4, -0.2) is 64.7 Å². The first-order valence-electron chi connectivity index (χ1n) is 14.1.